The van der Waals surface area contributed by atoms with Gasteiger partial charge in [0.2, 0.25) is 5.91 Å². The molecule has 0 bridgehead atoms. The Bertz CT molecular complexity index is 222. The first-order chi connectivity index (χ1) is 7.50. The second-order valence-corrected chi connectivity index (χ2v) is 5.41. The SMILES string of the molecule is CC(CC1CCCC1)N[C@H](C)C(=O)N(C)C. The van der Waals surface area contributed by atoms with Gasteiger partial charge in [0.15, 0.2) is 0 Å². The predicted molar refractivity (Wildman–Crippen MR) is 67.3 cm³/mol. The van der Waals surface area contributed by atoms with Crippen LogP contribution in [-0.4, -0.2) is 37.0 Å². The fraction of sp³-hybridized carbons (Fsp3) is 0.923. The van der Waals surface area contributed by atoms with Crippen LogP contribution in [-0.2, 0) is 4.79 Å². The van der Waals surface area contributed by atoms with Gasteiger partial charge in [-0.2, -0.15) is 0 Å². The van der Waals surface area contributed by atoms with Gasteiger partial charge in [-0.05, 0) is 26.2 Å². The van der Waals surface area contributed by atoms with E-state index in [9.17, 15) is 4.79 Å². The molecule has 1 saturated carbocycles. The van der Waals surface area contributed by atoms with Crippen molar-refractivity contribution in [3.63, 3.8) is 0 Å². The van der Waals surface area contributed by atoms with Gasteiger partial charge < -0.3 is 10.2 Å². The molecule has 0 aromatic rings. The first kappa shape index (κ1) is 13.5. The Kier molecular flexibility index (Phi) is 5.26. The molecule has 3 nitrogen and oxygen atoms in total. The van der Waals surface area contributed by atoms with Crippen LogP contribution in [0, 0.1) is 5.92 Å². The van der Waals surface area contributed by atoms with Crippen LogP contribution in [0.3, 0.4) is 0 Å². The van der Waals surface area contributed by atoms with Crippen molar-refractivity contribution in [1.29, 1.82) is 0 Å². The number of nitrogens with zero attached hydrogens (tertiary/aromatic N) is 1. The Morgan fingerprint density at radius 2 is 1.88 bits per heavy atom. The molecule has 3 heteroatoms. The molecule has 0 radical (unpaired) electrons. The zero-order valence-corrected chi connectivity index (χ0v) is 11.1. The Morgan fingerprint density at radius 3 is 2.38 bits per heavy atom. The molecule has 1 amide bonds. The van der Waals surface area contributed by atoms with Crippen LogP contribution in [0.15, 0.2) is 0 Å². The number of carbonyl (C=O) groups is 1. The van der Waals surface area contributed by atoms with Gasteiger partial charge >= 0.3 is 0 Å². The third-order valence-electron chi connectivity index (χ3n) is 3.51. The summed E-state index contributed by atoms with van der Waals surface area (Å²) in [6.07, 6.45) is 6.75. The smallest absolute Gasteiger partial charge is 0.238 e. The van der Waals surface area contributed by atoms with E-state index in [1.165, 1.54) is 32.1 Å². The Balaban J connectivity index is 2.27. The maximum atomic E-state index is 11.7. The first-order valence-electron chi connectivity index (χ1n) is 6.48. The van der Waals surface area contributed by atoms with E-state index in [1.807, 2.05) is 21.0 Å². The molecule has 16 heavy (non-hydrogen) atoms. The molecule has 0 aliphatic heterocycles. The van der Waals surface area contributed by atoms with Crippen LogP contribution in [0.1, 0.15) is 46.0 Å². The standard InChI is InChI=1S/C13H26N2O/c1-10(9-12-7-5-6-8-12)14-11(2)13(16)15(3)4/h10-12,14H,5-9H2,1-4H3/t10?,11-/m1/s1. The Hall–Kier alpha value is -0.570. The molecule has 0 aromatic carbocycles. The topological polar surface area (TPSA) is 32.3 Å². The third-order valence-corrected chi connectivity index (χ3v) is 3.51. The van der Waals surface area contributed by atoms with E-state index in [2.05, 4.69) is 12.2 Å². The summed E-state index contributed by atoms with van der Waals surface area (Å²) in [5.74, 6) is 1.04. The van der Waals surface area contributed by atoms with Gasteiger partial charge in [-0.1, -0.05) is 25.7 Å². The second-order valence-electron chi connectivity index (χ2n) is 5.41. The minimum atomic E-state index is -0.0635. The largest absolute Gasteiger partial charge is 0.347 e. The van der Waals surface area contributed by atoms with Crippen LogP contribution < -0.4 is 5.32 Å². The molecule has 1 fully saturated rings. The molecule has 1 aliphatic rings. The van der Waals surface area contributed by atoms with Gasteiger partial charge in [0.25, 0.3) is 0 Å². The van der Waals surface area contributed by atoms with Crippen LogP contribution in [0.5, 0.6) is 0 Å². The highest BCUT2D eigenvalue weighted by molar-refractivity contribution is 5.80. The molecule has 1 N–H and O–H groups in total. The molecule has 2 atom stereocenters. The number of nitrogens with one attached hydrogen (secondary N) is 1. The van der Waals surface area contributed by atoms with Crippen LogP contribution >= 0.6 is 0 Å². The molecule has 0 aromatic heterocycles. The van der Waals surface area contributed by atoms with Crippen molar-refractivity contribution in [1.82, 2.24) is 10.2 Å². The number of amides is 1. The van der Waals surface area contributed by atoms with Gasteiger partial charge in [0, 0.05) is 20.1 Å². The van der Waals surface area contributed by atoms with Crippen LogP contribution in [0.4, 0.5) is 0 Å². The normalized spacial score (nSPS) is 20.8. The lowest BCUT2D eigenvalue weighted by atomic mass is 9.99. The van der Waals surface area contributed by atoms with Crippen molar-refractivity contribution in [2.24, 2.45) is 5.92 Å². The summed E-state index contributed by atoms with van der Waals surface area (Å²) in [5, 5.41) is 3.40. The average molecular weight is 226 g/mol. The lowest BCUT2D eigenvalue weighted by Gasteiger charge is -2.24. The summed E-state index contributed by atoms with van der Waals surface area (Å²) in [7, 11) is 3.62. The highest BCUT2D eigenvalue weighted by Gasteiger charge is 2.21. The van der Waals surface area contributed by atoms with E-state index in [4.69, 9.17) is 0 Å². The van der Waals surface area contributed by atoms with Gasteiger partial charge in [0.05, 0.1) is 6.04 Å². The van der Waals surface area contributed by atoms with Crippen molar-refractivity contribution >= 4 is 5.91 Å². The number of hydrogen-bond acceptors (Lipinski definition) is 2. The lowest BCUT2D eigenvalue weighted by Crippen LogP contribution is -2.45. The second kappa shape index (κ2) is 6.24. The van der Waals surface area contributed by atoms with E-state index in [0.717, 1.165) is 5.92 Å². The molecule has 0 heterocycles. The fourth-order valence-electron chi connectivity index (χ4n) is 2.70. The molecular formula is C13H26N2O. The van der Waals surface area contributed by atoms with Crippen molar-refractivity contribution in [2.75, 3.05) is 14.1 Å². The summed E-state index contributed by atoms with van der Waals surface area (Å²) in [5.41, 5.74) is 0. The quantitative estimate of drug-likeness (QED) is 0.778. The lowest BCUT2D eigenvalue weighted by molar-refractivity contribution is -0.130. The molecule has 94 valence electrons. The molecular weight excluding hydrogens is 200 g/mol. The van der Waals surface area contributed by atoms with Crippen molar-refractivity contribution < 1.29 is 4.79 Å². The van der Waals surface area contributed by atoms with Gasteiger partial charge in [-0.3, -0.25) is 4.79 Å². The average Bonchev–Trinajstić information content (AvgIpc) is 2.68. The van der Waals surface area contributed by atoms with E-state index >= 15 is 0 Å². The fourth-order valence-corrected chi connectivity index (χ4v) is 2.70. The Morgan fingerprint density at radius 1 is 1.31 bits per heavy atom. The summed E-state index contributed by atoms with van der Waals surface area (Å²) in [6.45, 7) is 4.14. The minimum absolute atomic E-state index is 0.0635. The molecule has 0 saturated heterocycles. The highest BCUT2D eigenvalue weighted by atomic mass is 16.2. The first-order valence-corrected chi connectivity index (χ1v) is 6.48. The number of carbonyl (C=O) groups excluding carboxylic acids is 1. The van der Waals surface area contributed by atoms with E-state index in [-0.39, 0.29) is 11.9 Å². The predicted octanol–water partition coefficient (Wildman–Crippen LogP) is 2.02. The summed E-state index contributed by atoms with van der Waals surface area (Å²) in [6, 6.07) is 0.383. The minimum Gasteiger partial charge on any atom is -0.347 e. The molecule has 1 unspecified atom stereocenters. The summed E-state index contributed by atoms with van der Waals surface area (Å²) < 4.78 is 0. The Labute approximate surface area is 99.6 Å². The van der Waals surface area contributed by atoms with E-state index in [0.29, 0.717) is 6.04 Å². The zero-order chi connectivity index (χ0) is 12.1. The van der Waals surface area contributed by atoms with Gasteiger partial charge in [-0.25, -0.2) is 0 Å². The number of likely N-dealkylation sites (N-methyl/N-ethyl adjacent to an activating group) is 1. The molecule has 1 rings (SSSR count). The van der Waals surface area contributed by atoms with Crippen molar-refractivity contribution in [3.05, 3.63) is 0 Å². The van der Waals surface area contributed by atoms with Gasteiger partial charge in [0.1, 0.15) is 0 Å². The molecule has 1 aliphatic carbocycles. The zero-order valence-electron chi connectivity index (χ0n) is 11.1. The van der Waals surface area contributed by atoms with E-state index in [1.54, 1.807) is 4.90 Å². The summed E-state index contributed by atoms with van der Waals surface area (Å²) >= 11 is 0. The number of rotatable bonds is 5. The van der Waals surface area contributed by atoms with Crippen LogP contribution in [0.25, 0.3) is 0 Å². The van der Waals surface area contributed by atoms with Gasteiger partial charge in [-0.15, -0.1) is 0 Å². The summed E-state index contributed by atoms with van der Waals surface area (Å²) in [4.78, 5) is 13.3. The third kappa shape index (κ3) is 4.12. The highest BCUT2D eigenvalue weighted by Crippen LogP contribution is 2.28. The van der Waals surface area contributed by atoms with Crippen molar-refractivity contribution in [3.8, 4) is 0 Å². The maximum Gasteiger partial charge on any atom is 0.238 e. The maximum absolute atomic E-state index is 11.7. The number of hydrogen-bond donors (Lipinski definition) is 1. The van der Waals surface area contributed by atoms with Crippen molar-refractivity contribution in [2.45, 2.75) is 58.0 Å². The van der Waals surface area contributed by atoms with E-state index < -0.39 is 0 Å². The van der Waals surface area contributed by atoms with Crippen LogP contribution in [0.2, 0.25) is 0 Å². The monoisotopic (exact) mass is 226 g/mol. The molecule has 0 spiro atoms.